The number of halogens is 3. The number of amides is 1. The van der Waals surface area contributed by atoms with Crippen LogP contribution in [0.25, 0.3) is 0 Å². The van der Waals surface area contributed by atoms with E-state index in [1.165, 1.54) is 55.5 Å². The predicted molar refractivity (Wildman–Crippen MR) is 96.5 cm³/mol. The molecule has 0 aromatic heterocycles. The molecule has 0 unspecified atom stereocenters. The normalized spacial score (nSPS) is 11.7. The van der Waals surface area contributed by atoms with Gasteiger partial charge in [0, 0.05) is 11.3 Å². The average Bonchev–Trinajstić information content (AvgIpc) is 2.61. The van der Waals surface area contributed by atoms with E-state index in [0.29, 0.717) is 5.56 Å². The number of Topliss-reactive ketones (excluding diaryl/α,β-unsaturated/α-hetero) is 1. The fourth-order valence-corrected chi connectivity index (χ4v) is 3.34. The van der Waals surface area contributed by atoms with Gasteiger partial charge in [0.05, 0.1) is 11.3 Å². The molecule has 10 heteroatoms. The number of alkyl halides is 3. The van der Waals surface area contributed by atoms with Crippen molar-refractivity contribution in [3.63, 3.8) is 0 Å². The maximum absolute atomic E-state index is 12.4. The number of nitrogens with one attached hydrogen (secondary N) is 2. The zero-order valence-corrected chi connectivity index (χ0v) is 15.5. The lowest BCUT2D eigenvalue weighted by Crippen LogP contribution is -2.34. The van der Waals surface area contributed by atoms with Gasteiger partial charge in [0.15, 0.2) is 5.78 Å². The molecule has 0 aliphatic heterocycles. The van der Waals surface area contributed by atoms with E-state index in [-0.39, 0.29) is 28.4 Å². The second kappa shape index (κ2) is 8.42. The van der Waals surface area contributed by atoms with Crippen LogP contribution >= 0.6 is 0 Å². The van der Waals surface area contributed by atoms with E-state index in [9.17, 15) is 31.2 Å². The van der Waals surface area contributed by atoms with Crippen LogP contribution in [0.3, 0.4) is 0 Å². The summed E-state index contributed by atoms with van der Waals surface area (Å²) in [7, 11) is -3.94. The van der Waals surface area contributed by atoms with Crippen LogP contribution in [0.2, 0.25) is 0 Å². The largest absolute Gasteiger partial charge is 0.405 e. The third-order valence-electron chi connectivity index (χ3n) is 3.61. The van der Waals surface area contributed by atoms with Crippen LogP contribution in [-0.2, 0) is 21.2 Å². The summed E-state index contributed by atoms with van der Waals surface area (Å²) < 4.78 is 63.4. The van der Waals surface area contributed by atoms with E-state index in [2.05, 4.69) is 4.72 Å². The first-order valence-electron chi connectivity index (χ1n) is 8.02. The molecule has 0 spiro atoms. The maximum Gasteiger partial charge on any atom is 0.405 e. The lowest BCUT2D eigenvalue weighted by Gasteiger charge is -2.10. The highest BCUT2D eigenvalue weighted by Crippen LogP contribution is 2.18. The van der Waals surface area contributed by atoms with Crippen LogP contribution in [0, 0.1) is 0 Å². The summed E-state index contributed by atoms with van der Waals surface area (Å²) in [6, 6.07) is 11.2. The van der Waals surface area contributed by atoms with E-state index in [0.717, 1.165) is 0 Å². The van der Waals surface area contributed by atoms with Gasteiger partial charge in [0.1, 0.15) is 6.54 Å². The molecular formula is C18H17F3N2O4S. The minimum Gasteiger partial charge on any atom is -0.347 e. The van der Waals surface area contributed by atoms with Gasteiger partial charge in [-0.3, -0.25) is 14.3 Å². The Morgan fingerprint density at radius 2 is 1.68 bits per heavy atom. The molecule has 0 saturated heterocycles. The van der Waals surface area contributed by atoms with Crippen molar-refractivity contribution in [2.24, 2.45) is 0 Å². The summed E-state index contributed by atoms with van der Waals surface area (Å²) in [5.41, 5.74) is 0.872. The number of carbonyl (C=O) groups excluding carboxylic acids is 2. The van der Waals surface area contributed by atoms with Crippen LogP contribution in [0.4, 0.5) is 18.9 Å². The first kappa shape index (κ1) is 21.4. The summed E-state index contributed by atoms with van der Waals surface area (Å²) in [4.78, 5) is 22.8. The monoisotopic (exact) mass is 414 g/mol. The molecule has 2 rings (SSSR count). The van der Waals surface area contributed by atoms with Crippen molar-refractivity contribution < 1.29 is 31.2 Å². The molecule has 150 valence electrons. The van der Waals surface area contributed by atoms with Gasteiger partial charge in [-0.2, -0.15) is 13.2 Å². The number of anilines is 1. The summed E-state index contributed by atoms with van der Waals surface area (Å²) in [6.07, 6.45) is -4.76. The average molecular weight is 414 g/mol. The number of ketones is 1. The first-order valence-corrected chi connectivity index (χ1v) is 9.51. The Labute approximate surface area is 159 Å². The van der Waals surface area contributed by atoms with E-state index >= 15 is 0 Å². The van der Waals surface area contributed by atoms with Crippen molar-refractivity contribution in [2.45, 2.75) is 24.4 Å². The molecule has 2 N–H and O–H groups in total. The molecule has 2 aromatic carbocycles. The zero-order valence-electron chi connectivity index (χ0n) is 14.7. The summed E-state index contributed by atoms with van der Waals surface area (Å²) >= 11 is 0. The molecule has 0 aliphatic rings. The topological polar surface area (TPSA) is 92.3 Å². The minimum atomic E-state index is -4.49. The molecule has 2 aromatic rings. The number of benzene rings is 2. The lowest BCUT2D eigenvalue weighted by atomic mass is 10.1. The second-order valence-corrected chi connectivity index (χ2v) is 7.64. The molecule has 0 saturated carbocycles. The van der Waals surface area contributed by atoms with Gasteiger partial charge in [0.25, 0.3) is 10.0 Å². The Hall–Kier alpha value is -2.88. The number of sulfonamides is 1. The van der Waals surface area contributed by atoms with Gasteiger partial charge in [-0.05, 0) is 36.8 Å². The van der Waals surface area contributed by atoms with Crippen molar-refractivity contribution in [1.82, 2.24) is 5.32 Å². The number of carbonyl (C=O) groups is 2. The highest BCUT2D eigenvalue weighted by molar-refractivity contribution is 7.92. The Morgan fingerprint density at radius 3 is 2.25 bits per heavy atom. The highest BCUT2D eigenvalue weighted by Gasteiger charge is 2.27. The summed E-state index contributed by atoms with van der Waals surface area (Å²) in [6.45, 7) is -0.0915. The Balaban J connectivity index is 2.04. The van der Waals surface area contributed by atoms with Gasteiger partial charge in [-0.1, -0.05) is 24.3 Å². The van der Waals surface area contributed by atoms with Gasteiger partial charge in [-0.15, -0.1) is 0 Å². The fourth-order valence-electron chi connectivity index (χ4n) is 2.23. The van der Waals surface area contributed by atoms with Crippen molar-refractivity contribution >= 4 is 27.4 Å². The molecule has 6 nitrogen and oxygen atoms in total. The van der Waals surface area contributed by atoms with Crippen LogP contribution in [-0.4, -0.2) is 32.8 Å². The van der Waals surface area contributed by atoms with Crippen molar-refractivity contribution in [3.8, 4) is 0 Å². The summed E-state index contributed by atoms with van der Waals surface area (Å²) in [5, 5.41) is 1.76. The quantitative estimate of drug-likeness (QED) is 0.682. The number of hydrogen-bond acceptors (Lipinski definition) is 4. The molecular weight excluding hydrogens is 397 g/mol. The van der Waals surface area contributed by atoms with Crippen LogP contribution in [0.5, 0.6) is 0 Å². The Kier molecular flexibility index (Phi) is 6.45. The standard InChI is InChI=1S/C18H17F3N2O4S/c1-12(24)14-3-2-4-16(10-14)28(26,27)23-15-7-5-13(6-8-15)9-17(25)22-11-18(19,20)21/h2-8,10,23H,9,11H2,1H3,(H,22,25). The molecule has 1 amide bonds. The molecule has 0 fully saturated rings. The van der Waals surface area contributed by atoms with E-state index in [1.54, 1.807) is 5.32 Å². The van der Waals surface area contributed by atoms with Crippen LogP contribution in [0.15, 0.2) is 53.4 Å². The Bertz CT molecular complexity index is 971. The number of hydrogen-bond donors (Lipinski definition) is 2. The molecule has 0 atom stereocenters. The van der Waals surface area contributed by atoms with Gasteiger partial charge < -0.3 is 5.32 Å². The SMILES string of the molecule is CC(=O)c1cccc(S(=O)(=O)Nc2ccc(CC(=O)NCC(F)(F)F)cc2)c1. The molecule has 0 bridgehead atoms. The van der Waals surface area contributed by atoms with Crippen molar-refractivity contribution in [3.05, 3.63) is 59.7 Å². The van der Waals surface area contributed by atoms with E-state index in [4.69, 9.17) is 0 Å². The van der Waals surface area contributed by atoms with Gasteiger partial charge >= 0.3 is 6.18 Å². The van der Waals surface area contributed by atoms with Crippen LogP contribution < -0.4 is 10.0 Å². The smallest absolute Gasteiger partial charge is 0.347 e. The van der Waals surface area contributed by atoms with Crippen LogP contribution in [0.1, 0.15) is 22.8 Å². The predicted octanol–water partition coefficient (Wildman–Crippen LogP) is 2.91. The fraction of sp³-hybridized carbons (Fsp3) is 0.222. The molecule has 0 heterocycles. The third kappa shape index (κ3) is 6.38. The Morgan fingerprint density at radius 1 is 1.04 bits per heavy atom. The van der Waals surface area contributed by atoms with Crippen molar-refractivity contribution in [1.29, 1.82) is 0 Å². The first-order chi connectivity index (χ1) is 13.0. The highest BCUT2D eigenvalue weighted by atomic mass is 32.2. The van der Waals surface area contributed by atoms with E-state index < -0.39 is 28.7 Å². The lowest BCUT2D eigenvalue weighted by molar-refractivity contribution is -0.138. The molecule has 28 heavy (non-hydrogen) atoms. The maximum atomic E-state index is 12.4. The van der Waals surface area contributed by atoms with Crippen molar-refractivity contribution in [2.75, 3.05) is 11.3 Å². The number of rotatable bonds is 7. The summed E-state index contributed by atoms with van der Waals surface area (Å²) in [5.74, 6) is -1.07. The van der Waals surface area contributed by atoms with Gasteiger partial charge in [0.2, 0.25) is 5.91 Å². The zero-order chi connectivity index (χ0) is 20.9. The van der Waals surface area contributed by atoms with Gasteiger partial charge in [-0.25, -0.2) is 8.42 Å². The molecule has 0 radical (unpaired) electrons. The minimum absolute atomic E-state index is 0.0872. The second-order valence-electron chi connectivity index (χ2n) is 5.96. The van der Waals surface area contributed by atoms with E-state index in [1.807, 2.05) is 0 Å². The third-order valence-corrected chi connectivity index (χ3v) is 4.99. The molecule has 0 aliphatic carbocycles.